The first-order chi connectivity index (χ1) is 6.50. The molecule has 0 saturated heterocycles. The number of nitrogens with zero attached hydrogens (tertiary/aromatic N) is 1. The van der Waals surface area contributed by atoms with Crippen LogP contribution >= 0.6 is 0 Å². The summed E-state index contributed by atoms with van der Waals surface area (Å²) in [5, 5.41) is 0. The fraction of sp³-hybridized carbons (Fsp3) is 0.500. The van der Waals surface area contributed by atoms with E-state index in [1.165, 1.54) is 13.1 Å². The van der Waals surface area contributed by atoms with Gasteiger partial charge in [0.1, 0.15) is 11.4 Å². The number of aromatic nitrogens is 2. The SMILES string of the molecule is CC(=O)c1cnc(CC(C)C)c(=O)[nH]1. The first kappa shape index (κ1) is 10.6. The highest BCUT2D eigenvalue weighted by Gasteiger charge is 2.07. The molecule has 0 fully saturated rings. The van der Waals surface area contributed by atoms with E-state index in [-0.39, 0.29) is 17.0 Å². The molecular formula is C10H14N2O2. The molecule has 1 aromatic heterocycles. The largest absolute Gasteiger partial charge is 0.317 e. The van der Waals surface area contributed by atoms with Gasteiger partial charge in [0.2, 0.25) is 0 Å². The minimum absolute atomic E-state index is 0.175. The minimum atomic E-state index is -0.258. The molecule has 0 spiro atoms. The van der Waals surface area contributed by atoms with Crippen LogP contribution in [0.25, 0.3) is 0 Å². The van der Waals surface area contributed by atoms with Crippen LogP contribution in [0.4, 0.5) is 0 Å². The van der Waals surface area contributed by atoms with Crippen LogP contribution in [-0.2, 0) is 6.42 Å². The van der Waals surface area contributed by atoms with Crippen molar-refractivity contribution < 1.29 is 4.79 Å². The van der Waals surface area contributed by atoms with Crippen LogP contribution in [0.2, 0.25) is 0 Å². The summed E-state index contributed by atoms with van der Waals surface area (Å²) < 4.78 is 0. The van der Waals surface area contributed by atoms with Gasteiger partial charge < -0.3 is 4.98 Å². The molecule has 1 heterocycles. The fourth-order valence-electron chi connectivity index (χ4n) is 1.14. The summed E-state index contributed by atoms with van der Waals surface area (Å²) in [6.45, 7) is 5.43. The van der Waals surface area contributed by atoms with Crippen LogP contribution in [-0.4, -0.2) is 15.8 Å². The monoisotopic (exact) mass is 194 g/mol. The summed E-state index contributed by atoms with van der Waals surface area (Å²) in [7, 11) is 0. The summed E-state index contributed by atoms with van der Waals surface area (Å²) >= 11 is 0. The van der Waals surface area contributed by atoms with Crippen molar-refractivity contribution in [3.63, 3.8) is 0 Å². The molecule has 14 heavy (non-hydrogen) atoms. The van der Waals surface area contributed by atoms with Crippen molar-refractivity contribution in [2.75, 3.05) is 0 Å². The van der Waals surface area contributed by atoms with Gasteiger partial charge >= 0.3 is 0 Å². The molecule has 0 radical (unpaired) electrons. The van der Waals surface area contributed by atoms with Gasteiger partial charge in [0, 0.05) is 6.92 Å². The van der Waals surface area contributed by atoms with Crippen molar-refractivity contribution in [3.05, 3.63) is 27.9 Å². The van der Waals surface area contributed by atoms with Crippen molar-refractivity contribution in [2.24, 2.45) is 5.92 Å². The lowest BCUT2D eigenvalue weighted by atomic mass is 10.1. The van der Waals surface area contributed by atoms with Crippen LogP contribution < -0.4 is 5.56 Å². The van der Waals surface area contributed by atoms with E-state index in [0.29, 0.717) is 18.0 Å². The van der Waals surface area contributed by atoms with E-state index in [9.17, 15) is 9.59 Å². The van der Waals surface area contributed by atoms with Gasteiger partial charge in [-0.2, -0.15) is 0 Å². The molecule has 76 valence electrons. The van der Waals surface area contributed by atoms with Crippen LogP contribution in [0.1, 0.15) is 37.0 Å². The maximum absolute atomic E-state index is 11.4. The second-order valence-electron chi connectivity index (χ2n) is 3.73. The highest BCUT2D eigenvalue weighted by Crippen LogP contribution is 2.00. The van der Waals surface area contributed by atoms with E-state index < -0.39 is 0 Å². The molecule has 1 aromatic rings. The number of H-pyrrole nitrogens is 1. The van der Waals surface area contributed by atoms with Crippen LogP contribution in [0.3, 0.4) is 0 Å². The number of rotatable bonds is 3. The lowest BCUT2D eigenvalue weighted by molar-refractivity contribution is 0.101. The maximum atomic E-state index is 11.4. The molecule has 4 nitrogen and oxygen atoms in total. The average molecular weight is 194 g/mol. The Morgan fingerprint density at radius 2 is 2.21 bits per heavy atom. The number of Topliss-reactive ketones (excluding diaryl/α,β-unsaturated/α-hetero) is 1. The van der Waals surface area contributed by atoms with Gasteiger partial charge in [0.25, 0.3) is 5.56 Å². The van der Waals surface area contributed by atoms with Crippen molar-refractivity contribution in [1.29, 1.82) is 0 Å². The van der Waals surface area contributed by atoms with Crippen molar-refractivity contribution in [2.45, 2.75) is 27.2 Å². The predicted molar refractivity (Wildman–Crippen MR) is 53.4 cm³/mol. The Morgan fingerprint density at radius 1 is 1.57 bits per heavy atom. The number of carbonyl (C=O) groups excluding carboxylic acids is 1. The molecule has 0 unspecified atom stereocenters. The Balaban J connectivity index is 3.02. The molecule has 0 atom stereocenters. The Labute approximate surface area is 82.4 Å². The standard InChI is InChI=1S/C10H14N2O2/c1-6(2)4-8-10(14)12-9(5-11-8)7(3)13/h5-6H,4H2,1-3H3,(H,12,14). The Hall–Kier alpha value is -1.45. The van der Waals surface area contributed by atoms with Crippen molar-refractivity contribution in [3.8, 4) is 0 Å². The molecule has 0 bridgehead atoms. The molecule has 1 rings (SSSR count). The Bertz CT molecular complexity index is 393. The lowest BCUT2D eigenvalue weighted by Crippen LogP contribution is -2.19. The van der Waals surface area contributed by atoms with Crippen LogP contribution in [0.5, 0.6) is 0 Å². The number of aromatic amines is 1. The van der Waals surface area contributed by atoms with E-state index in [4.69, 9.17) is 0 Å². The summed E-state index contributed by atoms with van der Waals surface area (Å²) in [5.74, 6) is 0.206. The molecular weight excluding hydrogens is 180 g/mol. The van der Waals surface area contributed by atoms with Crippen molar-refractivity contribution >= 4 is 5.78 Å². The molecule has 0 aliphatic carbocycles. The Kier molecular flexibility index (Phi) is 3.17. The zero-order chi connectivity index (χ0) is 10.7. The summed E-state index contributed by atoms with van der Waals surface area (Å²) in [5.41, 5.74) is 0.499. The summed E-state index contributed by atoms with van der Waals surface area (Å²) in [6.07, 6.45) is 2.05. The normalized spacial score (nSPS) is 10.6. The quantitative estimate of drug-likeness (QED) is 0.735. The van der Waals surface area contributed by atoms with Gasteiger partial charge in [-0.1, -0.05) is 13.8 Å². The van der Waals surface area contributed by atoms with Crippen LogP contribution in [0.15, 0.2) is 11.0 Å². The topological polar surface area (TPSA) is 62.8 Å². The highest BCUT2D eigenvalue weighted by molar-refractivity contribution is 5.91. The van der Waals surface area contributed by atoms with E-state index >= 15 is 0 Å². The van der Waals surface area contributed by atoms with Crippen molar-refractivity contribution in [1.82, 2.24) is 9.97 Å². The third kappa shape index (κ3) is 2.52. The lowest BCUT2D eigenvalue weighted by Gasteiger charge is -2.03. The fourth-order valence-corrected chi connectivity index (χ4v) is 1.14. The van der Waals surface area contributed by atoms with Gasteiger partial charge in [-0.15, -0.1) is 0 Å². The number of nitrogens with one attached hydrogen (secondary N) is 1. The van der Waals surface area contributed by atoms with Gasteiger partial charge in [0.05, 0.1) is 6.20 Å². The van der Waals surface area contributed by atoms with Gasteiger partial charge in [-0.05, 0) is 12.3 Å². The average Bonchev–Trinajstić information content (AvgIpc) is 2.07. The number of carbonyl (C=O) groups is 1. The van der Waals surface area contributed by atoms with E-state index in [1.54, 1.807) is 0 Å². The maximum Gasteiger partial charge on any atom is 0.270 e. The summed E-state index contributed by atoms with van der Waals surface area (Å²) in [4.78, 5) is 28.8. The second-order valence-corrected chi connectivity index (χ2v) is 3.73. The predicted octanol–water partition coefficient (Wildman–Crippen LogP) is 1.17. The van der Waals surface area contributed by atoms with Gasteiger partial charge in [-0.25, -0.2) is 0 Å². The second kappa shape index (κ2) is 4.17. The molecule has 0 aromatic carbocycles. The molecule has 1 N–H and O–H groups in total. The zero-order valence-corrected chi connectivity index (χ0v) is 8.63. The molecule has 0 amide bonds. The minimum Gasteiger partial charge on any atom is -0.317 e. The number of hydrogen-bond donors (Lipinski definition) is 1. The first-order valence-electron chi connectivity index (χ1n) is 4.60. The molecule has 4 heteroatoms. The third-order valence-electron chi connectivity index (χ3n) is 1.84. The van der Waals surface area contributed by atoms with Gasteiger partial charge in [-0.3, -0.25) is 14.6 Å². The molecule has 0 aliphatic heterocycles. The molecule has 0 aliphatic rings. The van der Waals surface area contributed by atoms with E-state index in [1.807, 2.05) is 13.8 Å². The summed E-state index contributed by atoms with van der Waals surface area (Å²) in [6, 6.07) is 0. The Morgan fingerprint density at radius 3 is 2.64 bits per heavy atom. The highest BCUT2D eigenvalue weighted by atomic mass is 16.1. The zero-order valence-electron chi connectivity index (χ0n) is 8.63. The molecule has 0 saturated carbocycles. The smallest absolute Gasteiger partial charge is 0.270 e. The van der Waals surface area contributed by atoms with Crippen LogP contribution in [0, 0.1) is 5.92 Å². The van der Waals surface area contributed by atoms with E-state index in [2.05, 4.69) is 9.97 Å². The van der Waals surface area contributed by atoms with E-state index in [0.717, 1.165) is 0 Å². The third-order valence-corrected chi connectivity index (χ3v) is 1.84. The number of hydrogen-bond acceptors (Lipinski definition) is 3. The van der Waals surface area contributed by atoms with Gasteiger partial charge in [0.15, 0.2) is 5.78 Å². The first-order valence-corrected chi connectivity index (χ1v) is 4.60. The number of ketones is 1.